The van der Waals surface area contributed by atoms with Gasteiger partial charge in [-0.05, 0) is 73.5 Å². The van der Waals surface area contributed by atoms with Crippen molar-refractivity contribution in [3.8, 4) is 17.2 Å². The number of aromatic nitrogens is 3. The van der Waals surface area contributed by atoms with Crippen LogP contribution in [0, 0.1) is 13.8 Å². The highest BCUT2D eigenvalue weighted by molar-refractivity contribution is 5.94. The Hall–Kier alpha value is -4.13. The Morgan fingerprint density at radius 3 is 2.48 bits per heavy atom. The lowest BCUT2D eigenvalue weighted by atomic mass is 10.0. The lowest BCUT2D eigenvalue weighted by molar-refractivity contribution is 0.0950. The summed E-state index contributed by atoms with van der Waals surface area (Å²) in [4.78, 5) is 16.9. The van der Waals surface area contributed by atoms with Gasteiger partial charge in [-0.25, -0.2) is 4.68 Å². The van der Waals surface area contributed by atoms with Crippen LogP contribution in [0.4, 0.5) is 0 Å². The van der Waals surface area contributed by atoms with Crippen molar-refractivity contribution in [3.63, 3.8) is 0 Å². The van der Waals surface area contributed by atoms with Gasteiger partial charge in [-0.15, -0.1) is 0 Å². The number of ether oxygens (including phenoxy) is 2. The molecule has 0 atom stereocenters. The minimum absolute atomic E-state index is 0.154. The van der Waals surface area contributed by atoms with Crippen LogP contribution < -0.4 is 14.8 Å². The quantitative estimate of drug-likeness (QED) is 0.438. The highest BCUT2D eigenvalue weighted by atomic mass is 16.5. The molecule has 4 rings (SSSR count). The number of pyridine rings is 1. The third-order valence-corrected chi connectivity index (χ3v) is 5.24. The molecule has 2 heterocycles. The van der Waals surface area contributed by atoms with Gasteiger partial charge in [-0.2, -0.15) is 5.10 Å². The van der Waals surface area contributed by atoms with Gasteiger partial charge in [0.15, 0.2) is 0 Å². The van der Waals surface area contributed by atoms with Gasteiger partial charge in [0.05, 0.1) is 25.0 Å². The number of nitrogens with zero attached hydrogens (tertiary/aromatic N) is 3. The highest BCUT2D eigenvalue weighted by Gasteiger charge is 2.13. The van der Waals surface area contributed by atoms with Gasteiger partial charge in [0.25, 0.3) is 5.91 Å². The van der Waals surface area contributed by atoms with E-state index in [9.17, 15) is 4.79 Å². The van der Waals surface area contributed by atoms with E-state index in [-0.39, 0.29) is 5.91 Å². The molecular formula is C26H26N4O3. The van der Waals surface area contributed by atoms with Crippen molar-refractivity contribution in [2.75, 3.05) is 7.11 Å². The summed E-state index contributed by atoms with van der Waals surface area (Å²) in [6.07, 6.45) is 5.38. The van der Waals surface area contributed by atoms with E-state index in [1.807, 2.05) is 74.6 Å². The minimum atomic E-state index is -0.154. The van der Waals surface area contributed by atoms with Gasteiger partial charge < -0.3 is 14.8 Å². The van der Waals surface area contributed by atoms with Crippen LogP contribution in [0.5, 0.6) is 11.5 Å². The second-order valence-electron chi connectivity index (χ2n) is 7.72. The van der Waals surface area contributed by atoms with Gasteiger partial charge in [-0.3, -0.25) is 9.78 Å². The van der Waals surface area contributed by atoms with Crippen molar-refractivity contribution in [2.45, 2.75) is 27.0 Å². The van der Waals surface area contributed by atoms with Crippen LogP contribution >= 0.6 is 0 Å². The number of carbonyl (C=O) groups excluding carboxylic acids is 1. The summed E-state index contributed by atoms with van der Waals surface area (Å²) in [6.45, 7) is 4.65. The summed E-state index contributed by atoms with van der Waals surface area (Å²) >= 11 is 0. The zero-order valence-corrected chi connectivity index (χ0v) is 18.9. The van der Waals surface area contributed by atoms with E-state index >= 15 is 0 Å². The number of benzene rings is 2. The van der Waals surface area contributed by atoms with Crippen molar-refractivity contribution in [1.29, 1.82) is 0 Å². The topological polar surface area (TPSA) is 78.3 Å². The summed E-state index contributed by atoms with van der Waals surface area (Å²) in [6, 6.07) is 17.0. The lowest BCUT2D eigenvalue weighted by Crippen LogP contribution is -2.23. The summed E-state index contributed by atoms with van der Waals surface area (Å²) in [5.41, 5.74) is 5.09. The van der Waals surface area contributed by atoms with Gasteiger partial charge in [-0.1, -0.05) is 6.07 Å². The maximum Gasteiger partial charge on any atom is 0.251 e. The predicted molar refractivity (Wildman–Crippen MR) is 126 cm³/mol. The molecule has 2 aromatic heterocycles. The summed E-state index contributed by atoms with van der Waals surface area (Å²) in [5.74, 6) is 1.42. The number of hydrogen-bond donors (Lipinski definition) is 1. The molecule has 1 N–H and O–H groups in total. The van der Waals surface area contributed by atoms with E-state index in [4.69, 9.17) is 9.47 Å². The SMILES string of the molecule is COc1ccc(-n2ccc(CNC(=O)c3cc(C)c(OCc4cccnc4)c(C)c3)n2)cc1. The first-order valence-electron chi connectivity index (χ1n) is 10.6. The normalized spacial score (nSPS) is 10.6. The lowest BCUT2D eigenvalue weighted by Gasteiger charge is -2.14. The molecule has 33 heavy (non-hydrogen) atoms. The fraction of sp³-hybridized carbons (Fsp3) is 0.192. The average molecular weight is 443 g/mol. The van der Waals surface area contributed by atoms with Crippen LogP contribution in [0.2, 0.25) is 0 Å². The second-order valence-corrected chi connectivity index (χ2v) is 7.72. The minimum Gasteiger partial charge on any atom is -0.497 e. The number of amides is 1. The van der Waals surface area contributed by atoms with Crippen molar-refractivity contribution < 1.29 is 14.3 Å². The first kappa shape index (κ1) is 22.1. The smallest absolute Gasteiger partial charge is 0.251 e. The van der Waals surface area contributed by atoms with Crippen molar-refractivity contribution in [3.05, 3.63) is 101 Å². The molecule has 0 radical (unpaired) electrons. The molecule has 0 aliphatic carbocycles. The molecule has 0 saturated carbocycles. The number of hydrogen-bond acceptors (Lipinski definition) is 5. The fourth-order valence-corrected chi connectivity index (χ4v) is 3.56. The van der Waals surface area contributed by atoms with Crippen molar-refractivity contribution in [2.24, 2.45) is 0 Å². The molecule has 2 aromatic carbocycles. The maximum absolute atomic E-state index is 12.8. The number of rotatable bonds is 8. The first-order chi connectivity index (χ1) is 16.0. The molecule has 0 aliphatic heterocycles. The molecule has 7 nitrogen and oxygen atoms in total. The molecule has 168 valence electrons. The van der Waals surface area contributed by atoms with E-state index in [2.05, 4.69) is 15.4 Å². The van der Waals surface area contributed by atoms with E-state index < -0.39 is 0 Å². The van der Waals surface area contributed by atoms with Gasteiger partial charge >= 0.3 is 0 Å². The Labute approximate surface area is 193 Å². The number of nitrogens with one attached hydrogen (secondary N) is 1. The number of carbonyl (C=O) groups is 1. The molecule has 7 heteroatoms. The zero-order valence-electron chi connectivity index (χ0n) is 18.9. The van der Waals surface area contributed by atoms with Gasteiger partial charge in [0.2, 0.25) is 0 Å². The molecule has 0 fully saturated rings. The van der Waals surface area contributed by atoms with Crippen LogP contribution in [0.15, 0.2) is 73.2 Å². The van der Waals surface area contributed by atoms with E-state index in [1.165, 1.54) is 0 Å². The van der Waals surface area contributed by atoms with Crippen LogP contribution in [-0.2, 0) is 13.2 Å². The number of aryl methyl sites for hydroxylation is 2. The summed E-state index contributed by atoms with van der Waals surface area (Å²) in [5, 5.41) is 7.49. The second kappa shape index (κ2) is 9.99. The summed E-state index contributed by atoms with van der Waals surface area (Å²) < 4.78 is 12.9. The Kier molecular flexibility index (Phi) is 6.69. The molecule has 0 saturated heterocycles. The molecule has 0 bridgehead atoms. The third-order valence-electron chi connectivity index (χ3n) is 5.24. The Morgan fingerprint density at radius 2 is 1.82 bits per heavy atom. The monoisotopic (exact) mass is 442 g/mol. The maximum atomic E-state index is 12.8. The van der Waals surface area contributed by atoms with E-state index in [0.29, 0.717) is 18.7 Å². The predicted octanol–water partition coefficient (Wildman–Crippen LogP) is 4.40. The fourth-order valence-electron chi connectivity index (χ4n) is 3.56. The first-order valence-corrected chi connectivity index (χ1v) is 10.6. The third kappa shape index (κ3) is 5.38. The highest BCUT2D eigenvalue weighted by Crippen LogP contribution is 2.26. The number of methoxy groups -OCH3 is 1. The standard InChI is InChI=1S/C26H26N4O3/c1-18-13-21(14-19(2)25(18)33-17-20-5-4-11-27-15-20)26(31)28-16-22-10-12-30(29-22)23-6-8-24(32-3)9-7-23/h4-15H,16-17H2,1-3H3,(H,28,31). The zero-order chi connectivity index (χ0) is 23.2. The Morgan fingerprint density at radius 1 is 1.06 bits per heavy atom. The Bertz CT molecular complexity index is 1210. The van der Waals surface area contributed by atoms with Crippen LogP contribution in [0.1, 0.15) is 32.7 Å². The molecule has 1 amide bonds. The van der Waals surface area contributed by atoms with E-state index in [1.54, 1.807) is 24.2 Å². The molecular weight excluding hydrogens is 416 g/mol. The Balaban J connectivity index is 1.38. The molecule has 0 unspecified atom stereocenters. The van der Waals surface area contributed by atoms with Crippen molar-refractivity contribution >= 4 is 5.91 Å². The van der Waals surface area contributed by atoms with Crippen LogP contribution in [0.25, 0.3) is 5.69 Å². The van der Waals surface area contributed by atoms with Crippen molar-refractivity contribution in [1.82, 2.24) is 20.1 Å². The van der Waals surface area contributed by atoms with E-state index in [0.717, 1.165) is 39.6 Å². The van der Waals surface area contributed by atoms with Gasteiger partial charge in [0, 0.05) is 29.7 Å². The average Bonchev–Trinajstić information content (AvgIpc) is 3.31. The largest absolute Gasteiger partial charge is 0.497 e. The van der Waals surface area contributed by atoms with Crippen LogP contribution in [-0.4, -0.2) is 27.8 Å². The van der Waals surface area contributed by atoms with Crippen LogP contribution in [0.3, 0.4) is 0 Å². The molecule has 4 aromatic rings. The summed E-state index contributed by atoms with van der Waals surface area (Å²) in [7, 11) is 1.63. The van der Waals surface area contributed by atoms with Gasteiger partial charge in [0.1, 0.15) is 18.1 Å². The molecule has 0 aliphatic rings. The molecule has 0 spiro atoms.